The van der Waals surface area contributed by atoms with E-state index >= 15 is 0 Å². The lowest BCUT2D eigenvalue weighted by atomic mass is 10.4. The Morgan fingerprint density at radius 2 is 2.13 bits per heavy atom. The first kappa shape index (κ1) is 10.8. The van der Waals surface area contributed by atoms with Gasteiger partial charge in [-0.3, -0.25) is 4.90 Å². The van der Waals surface area contributed by atoms with Crippen molar-refractivity contribution in [3.63, 3.8) is 0 Å². The molecule has 1 aromatic heterocycles. The maximum Gasteiger partial charge on any atom is 0.180 e. The van der Waals surface area contributed by atoms with Crippen LogP contribution in [0.4, 0.5) is 5.13 Å². The van der Waals surface area contributed by atoms with Crippen molar-refractivity contribution in [2.45, 2.75) is 6.54 Å². The number of aromatic nitrogens is 1. The Morgan fingerprint density at radius 3 is 2.67 bits per heavy atom. The molecule has 1 aliphatic rings. The highest BCUT2D eigenvalue weighted by Crippen LogP contribution is 2.17. The molecule has 0 amide bonds. The second kappa shape index (κ2) is 4.07. The zero-order chi connectivity index (χ0) is 10.9. The third-order valence-corrected chi connectivity index (χ3v) is 4.81. The summed E-state index contributed by atoms with van der Waals surface area (Å²) in [4.78, 5) is 7.17. The quantitative estimate of drug-likeness (QED) is 0.793. The Hall–Kier alpha value is -0.660. The van der Waals surface area contributed by atoms with E-state index in [1.807, 2.05) is 0 Å². The van der Waals surface area contributed by atoms with Crippen molar-refractivity contribution < 1.29 is 8.42 Å². The molecule has 0 radical (unpaired) electrons. The third kappa shape index (κ3) is 2.90. The summed E-state index contributed by atoms with van der Waals surface area (Å²) in [7, 11) is -2.78. The van der Waals surface area contributed by atoms with Gasteiger partial charge in [-0.05, 0) is 0 Å². The van der Waals surface area contributed by atoms with E-state index in [0.717, 1.165) is 11.4 Å². The second-order valence-electron chi connectivity index (χ2n) is 3.59. The molecule has 2 heterocycles. The van der Waals surface area contributed by atoms with Gasteiger partial charge < -0.3 is 5.73 Å². The van der Waals surface area contributed by atoms with Gasteiger partial charge in [0.2, 0.25) is 0 Å². The number of hydrogen-bond acceptors (Lipinski definition) is 6. The van der Waals surface area contributed by atoms with Crippen molar-refractivity contribution in [2.75, 3.05) is 30.3 Å². The highest BCUT2D eigenvalue weighted by molar-refractivity contribution is 7.91. The average Bonchev–Trinajstić information content (AvgIpc) is 2.55. The molecule has 1 fully saturated rings. The van der Waals surface area contributed by atoms with E-state index in [4.69, 9.17) is 5.73 Å². The standard InChI is InChI=1S/C8H13N3O2S2/c9-8-10-5-7(14-8)6-11-1-3-15(12,13)4-2-11/h5H,1-4,6H2,(H2,9,10). The van der Waals surface area contributed by atoms with Gasteiger partial charge in [-0.2, -0.15) is 0 Å². The predicted molar refractivity (Wildman–Crippen MR) is 60.5 cm³/mol. The van der Waals surface area contributed by atoms with Crippen LogP contribution in [0.25, 0.3) is 0 Å². The van der Waals surface area contributed by atoms with Crippen molar-refractivity contribution in [2.24, 2.45) is 0 Å². The van der Waals surface area contributed by atoms with Crippen LogP contribution in [-0.2, 0) is 16.4 Å². The van der Waals surface area contributed by atoms with Crippen molar-refractivity contribution in [3.05, 3.63) is 11.1 Å². The SMILES string of the molecule is Nc1ncc(CN2CCS(=O)(=O)CC2)s1. The van der Waals surface area contributed by atoms with E-state index in [1.165, 1.54) is 11.3 Å². The van der Waals surface area contributed by atoms with Crippen molar-refractivity contribution in [1.82, 2.24) is 9.88 Å². The van der Waals surface area contributed by atoms with Gasteiger partial charge in [0, 0.05) is 30.7 Å². The minimum atomic E-state index is -2.78. The molecular formula is C8H13N3O2S2. The highest BCUT2D eigenvalue weighted by Gasteiger charge is 2.21. The topological polar surface area (TPSA) is 76.3 Å². The molecule has 15 heavy (non-hydrogen) atoms. The van der Waals surface area contributed by atoms with Crippen LogP contribution in [0.3, 0.4) is 0 Å². The highest BCUT2D eigenvalue weighted by atomic mass is 32.2. The third-order valence-electron chi connectivity index (χ3n) is 2.39. The summed E-state index contributed by atoms with van der Waals surface area (Å²) in [5, 5.41) is 0.564. The van der Waals surface area contributed by atoms with E-state index in [-0.39, 0.29) is 11.5 Å². The van der Waals surface area contributed by atoms with Gasteiger partial charge in [0.15, 0.2) is 15.0 Å². The zero-order valence-electron chi connectivity index (χ0n) is 8.22. The number of hydrogen-bond donors (Lipinski definition) is 1. The number of nitrogens with two attached hydrogens (primary N) is 1. The number of rotatable bonds is 2. The molecule has 0 bridgehead atoms. The lowest BCUT2D eigenvalue weighted by Crippen LogP contribution is -2.39. The van der Waals surface area contributed by atoms with Gasteiger partial charge in [-0.25, -0.2) is 13.4 Å². The van der Waals surface area contributed by atoms with E-state index in [0.29, 0.717) is 18.2 Å². The first-order chi connectivity index (χ1) is 7.05. The van der Waals surface area contributed by atoms with Gasteiger partial charge in [-0.15, -0.1) is 11.3 Å². The lowest BCUT2D eigenvalue weighted by molar-refractivity contribution is 0.290. The lowest BCUT2D eigenvalue weighted by Gasteiger charge is -2.25. The van der Waals surface area contributed by atoms with Crippen LogP contribution in [0.5, 0.6) is 0 Å². The van der Waals surface area contributed by atoms with Gasteiger partial charge >= 0.3 is 0 Å². The maximum absolute atomic E-state index is 11.2. The van der Waals surface area contributed by atoms with Gasteiger partial charge in [0.05, 0.1) is 11.5 Å². The molecule has 1 aromatic rings. The Kier molecular flexibility index (Phi) is 2.94. The molecule has 0 spiro atoms. The summed E-state index contributed by atoms with van der Waals surface area (Å²) < 4.78 is 22.4. The molecule has 5 nitrogen and oxygen atoms in total. The Morgan fingerprint density at radius 1 is 1.47 bits per heavy atom. The molecular weight excluding hydrogens is 234 g/mol. The molecule has 1 aliphatic heterocycles. The van der Waals surface area contributed by atoms with Crippen LogP contribution < -0.4 is 5.73 Å². The van der Waals surface area contributed by atoms with Crippen LogP contribution in [0.2, 0.25) is 0 Å². The summed E-state index contributed by atoms with van der Waals surface area (Å²) >= 11 is 1.46. The number of nitrogen functional groups attached to an aromatic ring is 1. The van der Waals surface area contributed by atoms with Gasteiger partial charge in [0.1, 0.15) is 0 Å². The van der Waals surface area contributed by atoms with Crippen LogP contribution in [0.1, 0.15) is 4.88 Å². The molecule has 0 aromatic carbocycles. The largest absolute Gasteiger partial charge is 0.375 e. The molecule has 7 heteroatoms. The van der Waals surface area contributed by atoms with E-state index in [9.17, 15) is 8.42 Å². The summed E-state index contributed by atoms with van der Waals surface area (Å²) in [6.45, 7) is 1.98. The summed E-state index contributed by atoms with van der Waals surface area (Å²) in [5.41, 5.74) is 5.52. The number of thiazole rings is 1. The minimum absolute atomic E-state index is 0.265. The van der Waals surface area contributed by atoms with Crippen molar-refractivity contribution in [1.29, 1.82) is 0 Å². The first-order valence-electron chi connectivity index (χ1n) is 4.68. The summed E-state index contributed by atoms with van der Waals surface area (Å²) in [6, 6.07) is 0. The average molecular weight is 247 g/mol. The normalized spacial score (nSPS) is 21.6. The van der Waals surface area contributed by atoms with Gasteiger partial charge in [-0.1, -0.05) is 0 Å². The predicted octanol–water partition coefficient (Wildman–Crippen LogP) is -0.0443. The van der Waals surface area contributed by atoms with Crippen LogP contribution in [0.15, 0.2) is 6.20 Å². The van der Waals surface area contributed by atoms with Crippen molar-refractivity contribution in [3.8, 4) is 0 Å². The molecule has 0 saturated carbocycles. The van der Waals surface area contributed by atoms with Crippen LogP contribution in [0, 0.1) is 0 Å². The summed E-state index contributed by atoms with van der Waals surface area (Å²) in [6.07, 6.45) is 1.75. The maximum atomic E-state index is 11.2. The van der Waals surface area contributed by atoms with Crippen LogP contribution >= 0.6 is 11.3 Å². The van der Waals surface area contributed by atoms with E-state index in [1.54, 1.807) is 6.20 Å². The fourth-order valence-corrected chi connectivity index (χ4v) is 3.53. The minimum Gasteiger partial charge on any atom is -0.375 e. The smallest absolute Gasteiger partial charge is 0.180 e. The van der Waals surface area contributed by atoms with Gasteiger partial charge in [0.25, 0.3) is 0 Å². The fraction of sp³-hybridized carbons (Fsp3) is 0.625. The van der Waals surface area contributed by atoms with Crippen LogP contribution in [-0.4, -0.2) is 42.9 Å². The molecule has 84 valence electrons. The molecule has 0 unspecified atom stereocenters. The first-order valence-corrected chi connectivity index (χ1v) is 7.32. The zero-order valence-corrected chi connectivity index (χ0v) is 9.85. The number of nitrogens with zero attached hydrogens (tertiary/aromatic N) is 2. The fourth-order valence-electron chi connectivity index (χ4n) is 1.52. The van der Waals surface area contributed by atoms with E-state index < -0.39 is 9.84 Å². The Balaban J connectivity index is 1.92. The molecule has 2 N–H and O–H groups in total. The molecule has 2 rings (SSSR count). The monoisotopic (exact) mass is 247 g/mol. The Labute approximate surface area is 92.8 Å². The Bertz CT molecular complexity index is 426. The number of sulfone groups is 1. The molecule has 0 atom stereocenters. The second-order valence-corrected chi connectivity index (χ2v) is 7.04. The van der Waals surface area contributed by atoms with Crippen molar-refractivity contribution >= 4 is 26.3 Å². The molecule has 1 saturated heterocycles. The molecule has 0 aliphatic carbocycles. The van der Waals surface area contributed by atoms with E-state index in [2.05, 4.69) is 9.88 Å². The number of anilines is 1. The summed E-state index contributed by atoms with van der Waals surface area (Å²) in [5.74, 6) is 0.530.